The predicted molar refractivity (Wildman–Crippen MR) is 82.1 cm³/mol. The van der Waals surface area contributed by atoms with Gasteiger partial charge < -0.3 is 9.84 Å². The van der Waals surface area contributed by atoms with Crippen molar-refractivity contribution in [2.45, 2.75) is 25.7 Å². The molecule has 1 aromatic carbocycles. The van der Waals surface area contributed by atoms with Crippen LogP contribution in [0.25, 0.3) is 0 Å². The number of aromatic carboxylic acids is 1. The fraction of sp³-hybridized carbons (Fsp3) is 0.250. The summed E-state index contributed by atoms with van der Waals surface area (Å²) in [5.74, 6) is -0.280. The molecule has 1 heterocycles. The van der Waals surface area contributed by atoms with E-state index in [0.717, 1.165) is 41.4 Å². The van der Waals surface area contributed by atoms with Gasteiger partial charge in [-0.1, -0.05) is 22.0 Å². The van der Waals surface area contributed by atoms with Crippen LogP contribution in [0.1, 0.15) is 34.5 Å². The van der Waals surface area contributed by atoms with Crippen LogP contribution in [0.2, 0.25) is 0 Å². The van der Waals surface area contributed by atoms with Crippen molar-refractivity contribution in [2.24, 2.45) is 0 Å². The van der Waals surface area contributed by atoms with Crippen LogP contribution < -0.4 is 4.74 Å². The number of aromatic nitrogens is 1. The maximum atomic E-state index is 11.4. The summed E-state index contributed by atoms with van der Waals surface area (Å²) in [5, 5.41) is 9.37. The molecule has 1 aliphatic rings. The van der Waals surface area contributed by atoms with Crippen LogP contribution in [-0.2, 0) is 12.8 Å². The highest BCUT2D eigenvalue weighted by Gasteiger charge is 2.20. The second-order valence-corrected chi connectivity index (χ2v) is 5.93. The molecular weight excluding hydrogens is 334 g/mol. The Balaban J connectivity index is 2.01. The first kappa shape index (κ1) is 14.1. The highest BCUT2D eigenvalue weighted by Crippen LogP contribution is 2.30. The van der Waals surface area contributed by atoms with Gasteiger partial charge in [0.15, 0.2) is 0 Å². The molecule has 0 spiro atoms. The summed E-state index contributed by atoms with van der Waals surface area (Å²) in [4.78, 5) is 15.9. The van der Waals surface area contributed by atoms with Gasteiger partial charge >= 0.3 is 5.97 Å². The van der Waals surface area contributed by atoms with E-state index in [4.69, 9.17) is 4.74 Å². The van der Waals surface area contributed by atoms with E-state index >= 15 is 0 Å². The molecule has 0 aliphatic heterocycles. The molecule has 0 unspecified atom stereocenters. The zero-order valence-electron chi connectivity index (χ0n) is 11.3. The monoisotopic (exact) mass is 347 g/mol. The molecule has 1 N–H and O–H groups in total. The number of ether oxygens (including phenoxy) is 1. The van der Waals surface area contributed by atoms with E-state index in [-0.39, 0.29) is 11.4 Å². The molecule has 1 aromatic heterocycles. The van der Waals surface area contributed by atoms with Crippen molar-refractivity contribution in [3.63, 3.8) is 0 Å². The van der Waals surface area contributed by atoms with Gasteiger partial charge in [0.05, 0.1) is 0 Å². The second-order valence-electron chi connectivity index (χ2n) is 5.02. The topological polar surface area (TPSA) is 59.4 Å². The number of carboxylic acid groups (broad SMARTS) is 1. The molecule has 0 bridgehead atoms. The van der Waals surface area contributed by atoms with Crippen LogP contribution in [0, 0.1) is 0 Å². The Bertz CT molecular complexity index is 700. The minimum Gasteiger partial charge on any atom is -0.477 e. The fourth-order valence-electron chi connectivity index (χ4n) is 2.49. The van der Waals surface area contributed by atoms with Crippen LogP contribution in [0.15, 0.2) is 34.8 Å². The first-order valence-corrected chi connectivity index (χ1v) is 7.62. The Morgan fingerprint density at radius 2 is 2.05 bits per heavy atom. The van der Waals surface area contributed by atoms with Crippen molar-refractivity contribution < 1.29 is 14.6 Å². The van der Waals surface area contributed by atoms with E-state index in [9.17, 15) is 9.90 Å². The molecule has 4 nitrogen and oxygen atoms in total. The zero-order valence-corrected chi connectivity index (χ0v) is 12.9. The molecule has 3 rings (SSSR count). The summed E-state index contributed by atoms with van der Waals surface area (Å²) < 4.78 is 6.57. The number of hydrogen-bond acceptors (Lipinski definition) is 3. The van der Waals surface area contributed by atoms with Crippen molar-refractivity contribution in [3.05, 3.63) is 51.6 Å². The highest BCUT2D eigenvalue weighted by atomic mass is 79.9. The third-order valence-electron chi connectivity index (χ3n) is 3.51. The first-order valence-electron chi connectivity index (χ1n) is 6.83. The lowest BCUT2D eigenvalue weighted by molar-refractivity contribution is 0.0693. The molecule has 2 aromatic rings. The predicted octanol–water partition coefficient (Wildman–Crippen LogP) is 4.21. The van der Waals surface area contributed by atoms with Crippen molar-refractivity contribution in [1.29, 1.82) is 0 Å². The normalized spacial score (nSPS) is 13.6. The molecule has 0 atom stereocenters. The molecule has 0 saturated carbocycles. The largest absolute Gasteiger partial charge is 0.477 e. The summed E-state index contributed by atoms with van der Waals surface area (Å²) in [6.07, 6.45) is 3.94. The second kappa shape index (κ2) is 5.85. The Kier molecular flexibility index (Phi) is 3.92. The van der Waals surface area contributed by atoms with Gasteiger partial charge in [-0.25, -0.2) is 9.78 Å². The number of rotatable bonds is 3. The smallest absolute Gasteiger partial charge is 0.341 e. The van der Waals surface area contributed by atoms with Gasteiger partial charge in [0.25, 0.3) is 0 Å². The number of aryl methyl sites for hydroxylation is 2. The number of halogens is 1. The summed E-state index contributed by atoms with van der Waals surface area (Å²) in [7, 11) is 0. The average Bonchev–Trinajstić information content (AvgIpc) is 2.46. The molecule has 21 heavy (non-hydrogen) atoms. The van der Waals surface area contributed by atoms with E-state index in [1.807, 2.05) is 12.1 Å². The average molecular weight is 348 g/mol. The quantitative estimate of drug-likeness (QED) is 0.903. The van der Waals surface area contributed by atoms with Gasteiger partial charge in [-0.15, -0.1) is 0 Å². The lowest BCUT2D eigenvalue weighted by Crippen LogP contribution is -2.11. The van der Waals surface area contributed by atoms with E-state index in [2.05, 4.69) is 20.9 Å². The van der Waals surface area contributed by atoms with E-state index in [0.29, 0.717) is 5.75 Å². The third-order valence-corrected chi connectivity index (χ3v) is 4.00. The molecule has 0 radical (unpaired) electrons. The molecule has 0 fully saturated rings. The summed E-state index contributed by atoms with van der Waals surface area (Å²) >= 11 is 3.37. The molecule has 0 saturated heterocycles. The van der Waals surface area contributed by atoms with Crippen molar-refractivity contribution in [3.8, 4) is 11.6 Å². The van der Waals surface area contributed by atoms with Crippen LogP contribution in [0.4, 0.5) is 0 Å². The highest BCUT2D eigenvalue weighted by molar-refractivity contribution is 9.10. The minimum atomic E-state index is -1.01. The third kappa shape index (κ3) is 3.08. The SMILES string of the molecule is O=C(O)c1cc2c(nc1Oc1cccc(Br)c1)CCCC2. The van der Waals surface area contributed by atoms with Crippen molar-refractivity contribution in [1.82, 2.24) is 4.98 Å². The van der Waals surface area contributed by atoms with E-state index in [1.54, 1.807) is 18.2 Å². The summed E-state index contributed by atoms with van der Waals surface area (Å²) in [6.45, 7) is 0. The lowest BCUT2D eigenvalue weighted by atomic mass is 9.95. The summed E-state index contributed by atoms with van der Waals surface area (Å²) in [6, 6.07) is 8.98. The van der Waals surface area contributed by atoms with Gasteiger partial charge in [0.2, 0.25) is 5.88 Å². The standard InChI is InChI=1S/C16H14BrNO3/c17-11-5-3-6-12(9-11)21-15-13(16(19)20)8-10-4-1-2-7-14(10)18-15/h3,5-6,8-9H,1-2,4,7H2,(H,19,20). The molecular formula is C16H14BrNO3. The van der Waals surface area contributed by atoms with Gasteiger partial charge in [0, 0.05) is 10.2 Å². The maximum absolute atomic E-state index is 11.4. The van der Waals surface area contributed by atoms with Gasteiger partial charge in [0.1, 0.15) is 11.3 Å². The van der Waals surface area contributed by atoms with Crippen LogP contribution in [0.3, 0.4) is 0 Å². The first-order chi connectivity index (χ1) is 10.1. The van der Waals surface area contributed by atoms with E-state index < -0.39 is 5.97 Å². The zero-order chi connectivity index (χ0) is 14.8. The molecule has 108 valence electrons. The Labute approximate surface area is 130 Å². The number of nitrogens with zero attached hydrogens (tertiary/aromatic N) is 1. The molecule has 1 aliphatic carbocycles. The Hall–Kier alpha value is -1.88. The number of carboxylic acids is 1. The van der Waals surface area contributed by atoms with Crippen LogP contribution in [0.5, 0.6) is 11.6 Å². The maximum Gasteiger partial charge on any atom is 0.341 e. The van der Waals surface area contributed by atoms with Crippen LogP contribution in [-0.4, -0.2) is 16.1 Å². The van der Waals surface area contributed by atoms with Gasteiger partial charge in [-0.3, -0.25) is 0 Å². The van der Waals surface area contributed by atoms with Gasteiger partial charge in [-0.2, -0.15) is 0 Å². The van der Waals surface area contributed by atoms with Crippen LogP contribution >= 0.6 is 15.9 Å². The number of hydrogen-bond donors (Lipinski definition) is 1. The summed E-state index contributed by atoms with van der Waals surface area (Å²) in [5.41, 5.74) is 2.10. The fourth-order valence-corrected chi connectivity index (χ4v) is 2.87. The minimum absolute atomic E-state index is 0.121. The number of fused-ring (bicyclic) bond motifs is 1. The lowest BCUT2D eigenvalue weighted by Gasteiger charge is -2.17. The number of carbonyl (C=O) groups is 1. The van der Waals surface area contributed by atoms with Gasteiger partial charge in [-0.05, 0) is 55.5 Å². The number of pyridine rings is 1. The van der Waals surface area contributed by atoms with Crippen molar-refractivity contribution in [2.75, 3.05) is 0 Å². The van der Waals surface area contributed by atoms with Crippen molar-refractivity contribution >= 4 is 21.9 Å². The number of benzene rings is 1. The van der Waals surface area contributed by atoms with E-state index in [1.165, 1.54) is 0 Å². The molecule has 0 amide bonds. The molecule has 5 heteroatoms. The Morgan fingerprint density at radius 1 is 1.24 bits per heavy atom. The Morgan fingerprint density at radius 3 is 2.81 bits per heavy atom.